The number of amides is 1. The maximum absolute atomic E-state index is 13.4. The summed E-state index contributed by atoms with van der Waals surface area (Å²) in [7, 11) is -2.47. The molecule has 0 unspecified atom stereocenters. The van der Waals surface area contributed by atoms with Crippen LogP contribution in [0.2, 0.25) is 5.02 Å². The van der Waals surface area contributed by atoms with Crippen molar-refractivity contribution in [3.05, 3.63) is 82.9 Å². The van der Waals surface area contributed by atoms with E-state index in [1.807, 2.05) is 36.4 Å². The highest BCUT2D eigenvalue weighted by molar-refractivity contribution is 7.98. The molecule has 0 radical (unpaired) electrons. The second kappa shape index (κ2) is 11.6. The number of nitrogens with one attached hydrogen (secondary N) is 1. The molecule has 4 rings (SSSR count). The standard InChI is InChI=1S/C27H29ClN2O4S2/c1-19-13-15-30(16-14-19)27(31)23-17-22(11-12-25(23)34-2)36(32,33)29-24-5-3-4-6-26(24)35-18-20-7-9-21(28)10-8-20/h3-12,17,19,29H,13-16,18H2,1-2H3. The summed E-state index contributed by atoms with van der Waals surface area (Å²) < 4.78 is 34.8. The van der Waals surface area contributed by atoms with Crippen LogP contribution < -0.4 is 9.46 Å². The van der Waals surface area contributed by atoms with Crippen molar-refractivity contribution < 1.29 is 17.9 Å². The molecule has 1 amide bonds. The van der Waals surface area contributed by atoms with E-state index in [1.165, 1.54) is 37.1 Å². The third-order valence-corrected chi connectivity index (χ3v) is 8.98. The Balaban J connectivity index is 1.55. The molecule has 3 aromatic carbocycles. The number of likely N-dealkylation sites (tertiary alicyclic amines) is 1. The van der Waals surface area contributed by atoms with Gasteiger partial charge in [0.15, 0.2) is 0 Å². The van der Waals surface area contributed by atoms with Gasteiger partial charge in [-0.05, 0) is 66.8 Å². The molecule has 0 atom stereocenters. The number of benzene rings is 3. The number of hydrogen-bond donors (Lipinski definition) is 1. The molecule has 6 nitrogen and oxygen atoms in total. The summed E-state index contributed by atoms with van der Waals surface area (Å²) in [6.45, 7) is 3.47. The van der Waals surface area contributed by atoms with E-state index in [1.54, 1.807) is 17.0 Å². The number of nitrogens with zero attached hydrogens (tertiary/aromatic N) is 1. The smallest absolute Gasteiger partial charge is 0.261 e. The summed E-state index contributed by atoms with van der Waals surface area (Å²) in [5, 5.41) is 0.670. The van der Waals surface area contributed by atoms with E-state index in [-0.39, 0.29) is 16.4 Å². The minimum absolute atomic E-state index is 0.00883. The summed E-state index contributed by atoms with van der Waals surface area (Å²) in [4.78, 5) is 15.8. The van der Waals surface area contributed by atoms with Crippen molar-refractivity contribution in [3.63, 3.8) is 0 Å². The van der Waals surface area contributed by atoms with Gasteiger partial charge in [0, 0.05) is 28.8 Å². The summed E-state index contributed by atoms with van der Waals surface area (Å²) in [6.07, 6.45) is 1.86. The number of carbonyl (C=O) groups excluding carboxylic acids is 1. The highest BCUT2D eigenvalue weighted by Gasteiger charge is 2.26. The molecule has 0 bridgehead atoms. The number of piperidine rings is 1. The Hall–Kier alpha value is -2.68. The Labute approximate surface area is 222 Å². The van der Waals surface area contributed by atoms with Crippen molar-refractivity contribution in [2.24, 2.45) is 5.92 Å². The van der Waals surface area contributed by atoms with E-state index in [2.05, 4.69) is 11.6 Å². The van der Waals surface area contributed by atoms with Gasteiger partial charge in [-0.1, -0.05) is 42.8 Å². The van der Waals surface area contributed by atoms with E-state index >= 15 is 0 Å². The number of anilines is 1. The van der Waals surface area contributed by atoms with Crippen molar-refractivity contribution in [3.8, 4) is 5.75 Å². The maximum Gasteiger partial charge on any atom is 0.261 e. The van der Waals surface area contributed by atoms with Crippen molar-refractivity contribution in [2.75, 3.05) is 24.9 Å². The number of rotatable bonds is 8. The molecule has 0 spiro atoms. The van der Waals surface area contributed by atoms with E-state index in [0.717, 1.165) is 23.3 Å². The van der Waals surface area contributed by atoms with Gasteiger partial charge in [-0.15, -0.1) is 11.8 Å². The highest BCUT2D eigenvalue weighted by Crippen LogP contribution is 2.33. The molecule has 1 aliphatic heterocycles. The van der Waals surface area contributed by atoms with Crippen LogP contribution >= 0.6 is 23.4 Å². The maximum atomic E-state index is 13.4. The van der Waals surface area contributed by atoms with Crippen LogP contribution in [0.25, 0.3) is 0 Å². The molecule has 1 fully saturated rings. The van der Waals surface area contributed by atoms with Crippen LogP contribution in [0.3, 0.4) is 0 Å². The normalized spacial score (nSPS) is 14.5. The van der Waals surface area contributed by atoms with Gasteiger partial charge in [0.1, 0.15) is 5.75 Å². The third kappa shape index (κ3) is 6.35. The van der Waals surface area contributed by atoms with Gasteiger partial charge in [-0.3, -0.25) is 9.52 Å². The van der Waals surface area contributed by atoms with Crippen molar-refractivity contribution in [1.82, 2.24) is 4.90 Å². The van der Waals surface area contributed by atoms with E-state index in [9.17, 15) is 13.2 Å². The fraction of sp³-hybridized carbons (Fsp3) is 0.296. The predicted molar refractivity (Wildman–Crippen MR) is 146 cm³/mol. The molecule has 0 aliphatic carbocycles. The fourth-order valence-electron chi connectivity index (χ4n) is 4.03. The molecule has 9 heteroatoms. The first kappa shape index (κ1) is 26.4. The molecule has 190 valence electrons. The number of para-hydroxylation sites is 1. The number of ether oxygens (including phenoxy) is 1. The molecule has 0 saturated carbocycles. The Kier molecular flexibility index (Phi) is 8.49. The summed E-state index contributed by atoms with van der Waals surface area (Å²) in [5.41, 5.74) is 1.80. The molecule has 1 N–H and O–H groups in total. The van der Waals surface area contributed by atoms with Gasteiger partial charge in [-0.2, -0.15) is 0 Å². The Bertz CT molecular complexity index is 1320. The highest BCUT2D eigenvalue weighted by atomic mass is 35.5. The van der Waals surface area contributed by atoms with Crippen molar-refractivity contribution in [1.29, 1.82) is 0 Å². The molecule has 1 aliphatic rings. The number of hydrogen-bond acceptors (Lipinski definition) is 5. The van der Waals surface area contributed by atoms with E-state index in [4.69, 9.17) is 16.3 Å². The van der Waals surface area contributed by atoms with E-state index in [0.29, 0.717) is 41.2 Å². The average Bonchev–Trinajstić information content (AvgIpc) is 2.88. The molecular weight excluding hydrogens is 516 g/mol. The van der Waals surface area contributed by atoms with Crippen LogP contribution in [0.4, 0.5) is 5.69 Å². The van der Waals surface area contributed by atoms with Gasteiger partial charge in [0.25, 0.3) is 15.9 Å². The molecule has 1 saturated heterocycles. The Morgan fingerprint density at radius 2 is 1.78 bits per heavy atom. The molecule has 3 aromatic rings. The first-order chi connectivity index (χ1) is 17.3. The van der Waals surface area contributed by atoms with Gasteiger partial charge < -0.3 is 9.64 Å². The lowest BCUT2D eigenvalue weighted by molar-refractivity contribution is 0.0693. The Morgan fingerprint density at radius 3 is 2.47 bits per heavy atom. The second-order valence-corrected chi connectivity index (χ2v) is 12.0. The van der Waals surface area contributed by atoms with Gasteiger partial charge in [-0.25, -0.2) is 8.42 Å². The number of thioether (sulfide) groups is 1. The zero-order valence-electron chi connectivity index (χ0n) is 20.2. The SMILES string of the molecule is COc1ccc(S(=O)(=O)Nc2ccccc2SCc2ccc(Cl)cc2)cc1C(=O)N1CCC(C)CC1. The summed E-state index contributed by atoms with van der Waals surface area (Å²) >= 11 is 7.49. The van der Waals surface area contributed by atoms with Crippen LogP contribution in [0.5, 0.6) is 5.75 Å². The van der Waals surface area contributed by atoms with Crippen LogP contribution in [0.15, 0.2) is 76.5 Å². The molecule has 1 heterocycles. The summed E-state index contributed by atoms with van der Waals surface area (Å²) in [5.74, 6) is 1.38. The zero-order valence-corrected chi connectivity index (χ0v) is 22.6. The lowest BCUT2D eigenvalue weighted by Crippen LogP contribution is -2.38. The first-order valence-corrected chi connectivity index (χ1v) is 14.6. The number of carbonyl (C=O) groups is 1. The first-order valence-electron chi connectivity index (χ1n) is 11.7. The lowest BCUT2D eigenvalue weighted by atomic mass is 9.98. The minimum Gasteiger partial charge on any atom is -0.496 e. The van der Waals surface area contributed by atoms with Crippen LogP contribution in [-0.4, -0.2) is 39.4 Å². The average molecular weight is 545 g/mol. The van der Waals surface area contributed by atoms with Gasteiger partial charge in [0.2, 0.25) is 0 Å². The van der Waals surface area contributed by atoms with Crippen LogP contribution in [-0.2, 0) is 15.8 Å². The Morgan fingerprint density at radius 1 is 1.08 bits per heavy atom. The number of methoxy groups -OCH3 is 1. The summed E-state index contributed by atoms with van der Waals surface area (Å²) in [6, 6.07) is 19.2. The number of sulfonamides is 1. The lowest BCUT2D eigenvalue weighted by Gasteiger charge is -2.30. The van der Waals surface area contributed by atoms with Gasteiger partial charge in [0.05, 0.1) is 23.3 Å². The molecular formula is C27H29ClN2O4S2. The van der Waals surface area contributed by atoms with E-state index < -0.39 is 10.0 Å². The number of halogens is 1. The molecule has 36 heavy (non-hydrogen) atoms. The predicted octanol–water partition coefficient (Wildman–Crippen LogP) is 6.31. The quantitative estimate of drug-likeness (QED) is 0.336. The van der Waals surface area contributed by atoms with Crippen molar-refractivity contribution in [2.45, 2.75) is 35.3 Å². The topological polar surface area (TPSA) is 75.7 Å². The fourth-order valence-corrected chi connectivity index (χ4v) is 6.29. The van der Waals surface area contributed by atoms with Gasteiger partial charge >= 0.3 is 0 Å². The third-order valence-electron chi connectivity index (χ3n) is 6.22. The second-order valence-electron chi connectivity index (χ2n) is 8.85. The monoisotopic (exact) mass is 544 g/mol. The molecule has 0 aromatic heterocycles. The largest absolute Gasteiger partial charge is 0.496 e. The van der Waals surface area contributed by atoms with Crippen LogP contribution in [0, 0.1) is 5.92 Å². The zero-order chi connectivity index (χ0) is 25.7. The minimum atomic E-state index is -3.95. The van der Waals surface area contributed by atoms with Crippen molar-refractivity contribution >= 4 is 45.0 Å². The van der Waals surface area contributed by atoms with Crippen LogP contribution in [0.1, 0.15) is 35.7 Å².